The molecule has 0 spiro atoms. The number of aryl methyl sites for hydroxylation is 2. The second-order valence-corrected chi connectivity index (χ2v) is 8.97. The highest BCUT2D eigenvalue weighted by Gasteiger charge is 2.11. The Morgan fingerprint density at radius 3 is 1.24 bits per heavy atom. The summed E-state index contributed by atoms with van der Waals surface area (Å²) in [5.74, 6) is 0.134. The van der Waals surface area contributed by atoms with E-state index in [2.05, 4.69) is 0 Å². The molecule has 0 aliphatic rings. The summed E-state index contributed by atoms with van der Waals surface area (Å²) in [5, 5.41) is 0. The number of hydrogen-bond donors (Lipinski definition) is 0. The van der Waals surface area contributed by atoms with Crippen LogP contribution in [0.5, 0.6) is 11.5 Å². The molecule has 4 aromatic carbocycles. The minimum Gasteiger partial charge on any atom is -0.423 e. The monoisotopic (exact) mass is 499 g/mol. The molecule has 0 N–H and O–H groups in total. The molecule has 5 nitrogen and oxygen atoms in total. The largest absolute Gasteiger partial charge is 0.423 e. The Kier molecular flexibility index (Phi) is 7.09. The molecule has 0 saturated carbocycles. The van der Waals surface area contributed by atoms with Crippen LogP contribution in [0.2, 0.25) is 0 Å². The molecule has 186 valence electrons. The van der Waals surface area contributed by atoms with Gasteiger partial charge in [-0.15, -0.1) is 0 Å². The van der Waals surface area contributed by atoms with E-state index in [0.29, 0.717) is 22.6 Å². The summed E-state index contributed by atoms with van der Waals surface area (Å²) in [7, 11) is 0. The molecule has 0 bridgehead atoms. The fourth-order valence-electron chi connectivity index (χ4n) is 3.85. The third-order valence-electron chi connectivity index (χ3n) is 6.04. The van der Waals surface area contributed by atoms with Crippen LogP contribution in [0.4, 0.5) is 0 Å². The van der Waals surface area contributed by atoms with E-state index >= 15 is 0 Å². The van der Waals surface area contributed by atoms with Crippen molar-refractivity contribution in [1.29, 1.82) is 0 Å². The first kappa shape index (κ1) is 24.7. The number of carbonyl (C=O) groups excluding carboxylic acids is 2. The second-order valence-electron chi connectivity index (χ2n) is 8.97. The van der Waals surface area contributed by atoms with E-state index in [0.717, 1.165) is 33.6 Å². The van der Waals surface area contributed by atoms with Gasteiger partial charge in [-0.05, 0) is 98.8 Å². The van der Waals surface area contributed by atoms with Crippen molar-refractivity contribution >= 4 is 11.9 Å². The van der Waals surface area contributed by atoms with Crippen molar-refractivity contribution in [3.05, 3.63) is 138 Å². The predicted octanol–water partition coefficient (Wildman–Crippen LogP) is 7.47. The van der Waals surface area contributed by atoms with Gasteiger partial charge in [0.1, 0.15) is 11.5 Å². The molecule has 1 aromatic heterocycles. The Morgan fingerprint density at radius 2 is 0.868 bits per heavy atom. The fraction of sp³-hybridized carbons (Fsp3) is 0.0606. The summed E-state index contributed by atoms with van der Waals surface area (Å²) in [6, 6.07) is 34.8. The van der Waals surface area contributed by atoms with E-state index in [4.69, 9.17) is 14.5 Å². The highest BCUT2D eigenvalue weighted by molar-refractivity contribution is 5.91. The van der Waals surface area contributed by atoms with Crippen LogP contribution in [0.3, 0.4) is 0 Å². The van der Waals surface area contributed by atoms with Crippen LogP contribution in [0.15, 0.2) is 115 Å². The molecule has 0 aliphatic carbocycles. The molecule has 5 heteroatoms. The molecule has 38 heavy (non-hydrogen) atoms. The second kappa shape index (κ2) is 10.9. The molecular weight excluding hydrogens is 474 g/mol. The normalized spacial score (nSPS) is 10.6. The Morgan fingerprint density at radius 1 is 0.500 bits per heavy atom. The standard InChI is InChI=1S/C33H25NO4/c1-22-6-10-26(11-7-22)32(35)37-28-18-14-24(15-19-28)30-4-3-5-31(34-30)25-16-20-29(21-17-25)38-33(36)27-12-8-23(2)9-13-27/h3-21H,1-2H3. The van der Waals surface area contributed by atoms with Crippen LogP contribution in [-0.2, 0) is 0 Å². The molecule has 1 heterocycles. The first-order valence-electron chi connectivity index (χ1n) is 12.2. The summed E-state index contributed by atoms with van der Waals surface area (Å²) >= 11 is 0. The van der Waals surface area contributed by atoms with Crippen LogP contribution in [-0.4, -0.2) is 16.9 Å². The van der Waals surface area contributed by atoms with Crippen LogP contribution < -0.4 is 9.47 Å². The fourth-order valence-corrected chi connectivity index (χ4v) is 3.85. The molecule has 5 aromatic rings. The lowest BCUT2D eigenvalue weighted by Gasteiger charge is -2.08. The number of rotatable bonds is 6. The summed E-state index contributed by atoms with van der Waals surface area (Å²) in [5.41, 5.74) is 6.53. The molecule has 0 fully saturated rings. The van der Waals surface area contributed by atoms with Crippen molar-refractivity contribution < 1.29 is 19.1 Å². The zero-order valence-corrected chi connectivity index (χ0v) is 21.0. The van der Waals surface area contributed by atoms with E-state index in [1.165, 1.54) is 0 Å². The van der Waals surface area contributed by atoms with E-state index in [-0.39, 0.29) is 0 Å². The van der Waals surface area contributed by atoms with Gasteiger partial charge in [-0.2, -0.15) is 0 Å². The quantitative estimate of drug-likeness (QED) is 0.179. The van der Waals surface area contributed by atoms with Crippen LogP contribution >= 0.6 is 0 Å². The van der Waals surface area contributed by atoms with E-state index in [1.54, 1.807) is 48.5 Å². The topological polar surface area (TPSA) is 65.5 Å². The lowest BCUT2D eigenvalue weighted by atomic mass is 10.1. The number of esters is 2. The van der Waals surface area contributed by atoms with Gasteiger partial charge in [0.05, 0.1) is 22.5 Å². The van der Waals surface area contributed by atoms with Crippen molar-refractivity contribution in [2.75, 3.05) is 0 Å². The molecule has 0 amide bonds. The Hall–Kier alpha value is -5.03. The smallest absolute Gasteiger partial charge is 0.343 e. The molecule has 0 saturated heterocycles. The van der Waals surface area contributed by atoms with Gasteiger partial charge in [0.15, 0.2) is 0 Å². The van der Waals surface area contributed by atoms with Gasteiger partial charge in [-0.3, -0.25) is 0 Å². The van der Waals surface area contributed by atoms with Crippen LogP contribution in [0.1, 0.15) is 31.8 Å². The maximum absolute atomic E-state index is 12.4. The zero-order chi connectivity index (χ0) is 26.5. The maximum Gasteiger partial charge on any atom is 0.343 e. The molecule has 5 rings (SSSR count). The van der Waals surface area contributed by atoms with Crippen molar-refractivity contribution in [3.8, 4) is 34.0 Å². The zero-order valence-electron chi connectivity index (χ0n) is 21.0. The van der Waals surface area contributed by atoms with E-state index < -0.39 is 11.9 Å². The van der Waals surface area contributed by atoms with Gasteiger partial charge < -0.3 is 9.47 Å². The number of carbonyl (C=O) groups is 2. The molecular formula is C33H25NO4. The minimum atomic E-state index is -0.397. The van der Waals surface area contributed by atoms with Gasteiger partial charge in [-0.25, -0.2) is 14.6 Å². The average Bonchev–Trinajstić information content (AvgIpc) is 2.94. The molecule has 0 unspecified atom stereocenters. The van der Waals surface area contributed by atoms with Crippen LogP contribution in [0.25, 0.3) is 22.5 Å². The average molecular weight is 500 g/mol. The maximum atomic E-state index is 12.4. The number of nitrogens with zero attached hydrogens (tertiary/aromatic N) is 1. The Balaban J connectivity index is 1.26. The number of aromatic nitrogens is 1. The lowest BCUT2D eigenvalue weighted by Crippen LogP contribution is -2.08. The van der Waals surface area contributed by atoms with Gasteiger partial charge in [0.25, 0.3) is 0 Å². The number of benzene rings is 4. The first-order valence-corrected chi connectivity index (χ1v) is 12.2. The predicted molar refractivity (Wildman–Crippen MR) is 147 cm³/mol. The van der Waals surface area contributed by atoms with E-state index in [9.17, 15) is 9.59 Å². The summed E-state index contributed by atoms with van der Waals surface area (Å²) in [6.45, 7) is 3.94. The minimum absolute atomic E-state index is 0.397. The van der Waals surface area contributed by atoms with Crippen LogP contribution in [0, 0.1) is 13.8 Å². The first-order chi connectivity index (χ1) is 18.4. The SMILES string of the molecule is Cc1ccc(C(=O)Oc2ccc(-c3cccc(-c4ccc(OC(=O)c5ccc(C)cc5)cc4)n3)cc2)cc1. The van der Waals surface area contributed by atoms with Crippen molar-refractivity contribution in [2.24, 2.45) is 0 Å². The summed E-state index contributed by atoms with van der Waals surface area (Å²) in [6.07, 6.45) is 0. The van der Waals surface area contributed by atoms with Gasteiger partial charge in [0.2, 0.25) is 0 Å². The van der Waals surface area contributed by atoms with Crippen molar-refractivity contribution in [3.63, 3.8) is 0 Å². The highest BCUT2D eigenvalue weighted by Crippen LogP contribution is 2.26. The molecule has 0 atom stereocenters. The Bertz CT molecular complexity index is 1450. The van der Waals surface area contributed by atoms with E-state index in [1.807, 2.05) is 80.6 Å². The lowest BCUT2D eigenvalue weighted by molar-refractivity contribution is 0.0725. The summed E-state index contributed by atoms with van der Waals surface area (Å²) < 4.78 is 11.0. The third kappa shape index (κ3) is 5.85. The molecule has 0 radical (unpaired) electrons. The van der Waals surface area contributed by atoms with Crippen molar-refractivity contribution in [2.45, 2.75) is 13.8 Å². The third-order valence-corrected chi connectivity index (χ3v) is 6.04. The van der Waals surface area contributed by atoms with Gasteiger partial charge in [0, 0.05) is 11.1 Å². The highest BCUT2D eigenvalue weighted by atomic mass is 16.5. The summed E-state index contributed by atoms with van der Waals surface area (Å²) in [4.78, 5) is 29.6. The van der Waals surface area contributed by atoms with Gasteiger partial charge >= 0.3 is 11.9 Å². The molecule has 0 aliphatic heterocycles. The van der Waals surface area contributed by atoms with Gasteiger partial charge in [-0.1, -0.05) is 41.5 Å². The van der Waals surface area contributed by atoms with Crippen molar-refractivity contribution in [1.82, 2.24) is 4.98 Å². The number of pyridine rings is 1. The Labute approximate surface area is 221 Å². The number of ether oxygens (including phenoxy) is 2. The number of hydrogen-bond acceptors (Lipinski definition) is 5.